The maximum atomic E-state index is 12.4. The maximum absolute atomic E-state index is 12.4. The Hall–Kier alpha value is -1.41. The molecule has 0 amide bonds. The lowest BCUT2D eigenvalue weighted by Crippen LogP contribution is -3.14. The molecule has 1 saturated heterocycles. The Bertz CT molecular complexity index is 772. The van der Waals surface area contributed by atoms with Crippen LogP contribution >= 0.6 is 15.9 Å². The third-order valence-electron chi connectivity index (χ3n) is 4.87. The Morgan fingerprint density at radius 2 is 1.65 bits per heavy atom. The number of piperidine rings is 1. The molecule has 5 nitrogen and oxygen atoms in total. The van der Waals surface area contributed by atoms with Crippen molar-refractivity contribution in [2.75, 3.05) is 19.6 Å². The van der Waals surface area contributed by atoms with Crippen molar-refractivity contribution in [2.24, 2.45) is 0 Å². The molecule has 0 radical (unpaired) electrons. The Labute approximate surface area is 171 Å². The second kappa shape index (κ2) is 8.52. The normalized spacial score (nSPS) is 22.5. The Morgan fingerprint density at radius 1 is 1.04 bits per heavy atom. The standard InChI is InChI=1S/C19H20BrNO4.BrH/c20-15-4-2-14(3-5-15)19(25)7-9-21(10-8-19)12-18(24)13-1-6-16(22)17(23)11-13;/h1-6,11,22-23,25H,7-10,12H2;1H. The number of carbonyl (C=O) groups is 1. The number of nitrogens with one attached hydrogen (secondary N) is 1. The van der Waals surface area contributed by atoms with E-state index in [0.717, 1.165) is 14.9 Å². The predicted octanol–water partition coefficient (Wildman–Crippen LogP) is -1.39. The van der Waals surface area contributed by atoms with Crippen LogP contribution in [0.3, 0.4) is 0 Å². The van der Waals surface area contributed by atoms with E-state index in [9.17, 15) is 20.1 Å². The van der Waals surface area contributed by atoms with Crippen LogP contribution in [-0.2, 0) is 5.60 Å². The lowest BCUT2D eigenvalue weighted by molar-refractivity contribution is -0.899. The summed E-state index contributed by atoms with van der Waals surface area (Å²) in [5.41, 5.74) is 0.449. The number of Topliss-reactive ketones (excluding diaryl/α,β-unsaturated/α-hetero) is 1. The molecule has 4 N–H and O–H groups in total. The molecule has 2 aromatic carbocycles. The molecule has 0 aromatic heterocycles. The number of carbonyl (C=O) groups excluding carboxylic acids is 1. The summed E-state index contributed by atoms with van der Waals surface area (Å²) in [6, 6.07) is 11.8. The van der Waals surface area contributed by atoms with Crippen LogP contribution in [0.4, 0.5) is 0 Å². The van der Waals surface area contributed by atoms with Crippen molar-refractivity contribution >= 4 is 21.7 Å². The quantitative estimate of drug-likeness (QED) is 0.317. The number of hydrogen-bond acceptors (Lipinski definition) is 4. The van der Waals surface area contributed by atoms with E-state index in [0.29, 0.717) is 38.0 Å². The fraction of sp³-hybridized carbons (Fsp3) is 0.316. The smallest absolute Gasteiger partial charge is 0.216 e. The van der Waals surface area contributed by atoms with Crippen molar-refractivity contribution in [1.82, 2.24) is 0 Å². The molecule has 3 rings (SSSR count). The zero-order valence-electron chi connectivity index (χ0n) is 14.1. The highest BCUT2D eigenvalue weighted by Gasteiger charge is 2.36. The first-order chi connectivity index (χ1) is 11.9. The van der Waals surface area contributed by atoms with Crippen LogP contribution in [0.15, 0.2) is 46.9 Å². The fourth-order valence-electron chi connectivity index (χ4n) is 3.27. The second-order valence-corrected chi connectivity index (χ2v) is 7.51. The average Bonchev–Trinajstić information content (AvgIpc) is 2.60. The van der Waals surface area contributed by atoms with Gasteiger partial charge in [0.1, 0.15) is 12.1 Å². The predicted molar refractivity (Wildman–Crippen MR) is 96.9 cm³/mol. The molecule has 1 heterocycles. The molecule has 1 aliphatic heterocycles. The summed E-state index contributed by atoms with van der Waals surface area (Å²) < 4.78 is 0.977. The van der Waals surface area contributed by atoms with Crippen LogP contribution < -0.4 is 21.9 Å². The molecule has 0 bridgehead atoms. The van der Waals surface area contributed by atoms with E-state index in [4.69, 9.17) is 0 Å². The van der Waals surface area contributed by atoms with E-state index in [2.05, 4.69) is 15.9 Å². The monoisotopic (exact) mass is 485 g/mol. The van der Waals surface area contributed by atoms with Gasteiger partial charge in [-0.25, -0.2) is 0 Å². The van der Waals surface area contributed by atoms with E-state index in [-0.39, 0.29) is 34.3 Å². The van der Waals surface area contributed by atoms with Gasteiger partial charge in [-0.3, -0.25) is 4.79 Å². The van der Waals surface area contributed by atoms with Crippen molar-refractivity contribution in [1.29, 1.82) is 0 Å². The van der Waals surface area contributed by atoms with Crippen LogP contribution in [0, 0.1) is 0 Å². The fourth-order valence-corrected chi connectivity index (χ4v) is 3.53. The van der Waals surface area contributed by atoms with Gasteiger partial charge in [0.05, 0.1) is 13.1 Å². The van der Waals surface area contributed by atoms with Crippen LogP contribution in [0.25, 0.3) is 0 Å². The lowest BCUT2D eigenvalue weighted by atomic mass is 9.84. The van der Waals surface area contributed by atoms with Gasteiger partial charge in [0.15, 0.2) is 11.5 Å². The SMILES string of the molecule is O=C(C[NH+]1CCC(O)(c2ccc(Br)cc2)CC1)c1ccc(O)c(O)c1.[Br-]. The number of quaternary nitrogens is 1. The number of ketones is 1. The summed E-state index contributed by atoms with van der Waals surface area (Å²) >= 11 is 3.40. The van der Waals surface area contributed by atoms with Crippen LogP contribution in [0.5, 0.6) is 11.5 Å². The largest absolute Gasteiger partial charge is 1.00 e. The Balaban J connectivity index is 0.00000243. The van der Waals surface area contributed by atoms with Crippen LogP contribution in [0.1, 0.15) is 28.8 Å². The van der Waals surface area contributed by atoms with Crippen molar-refractivity contribution in [3.63, 3.8) is 0 Å². The van der Waals surface area contributed by atoms with Gasteiger partial charge in [0.25, 0.3) is 0 Å². The van der Waals surface area contributed by atoms with Crippen molar-refractivity contribution < 1.29 is 42.0 Å². The first kappa shape index (κ1) is 20.9. The van der Waals surface area contributed by atoms with Gasteiger partial charge in [0, 0.05) is 22.9 Å². The highest BCUT2D eigenvalue weighted by atomic mass is 79.9. The summed E-state index contributed by atoms with van der Waals surface area (Å²) in [5.74, 6) is -0.607. The molecule has 140 valence electrons. The van der Waals surface area contributed by atoms with Crippen molar-refractivity contribution in [3.05, 3.63) is 58.1 Å². The number of phenols is 2. The second-order valence-electron chi connectivity index (χ2n) is 6.59. The molecule has 0 unspecified atom stereocenters. The van der Waals surface area contributed by atoms with Gasteiger partial charge in [-0.15, -0.1) is 0 Å². The molecule has 1 fully saturated rings. The molecule has 26 heavy (non-hydrogen) atoms. The van der Waals surface area contributed by atoms with E-state index in [1.54, 1.807) is 0 Å². The molecule has 0 spiro atoms. The first-order valence-corrected chi connectivity index (χ1v) is 9.04. The van der Waals surface area contributed by atoms with Gasteiger partial charge in [-0.05, 0) is 35.9 Å². The minimum Gasteiger partial charge on any atom is -1.00 e. The molecule has 0 atom stereocenters. The number of halogens is 2. The third-order valence-corrected chi connectivity index (χ3v) is 5.40. The van der Waals surface area contributed by atoms with Crippen LogP contribution in [0.2, 0.25) is 0 Å². The Kier molecular flexibility index (Phi) is 6.85. The number of aromatic hydroxyl groups is 2. The minimum absolute atomic E-state index is 0. The van der Waals surface area contributed by atoms with Crippen LogP contribution in [-0.4, -0.2) is 40.7 Å². The topological polar surface area (TPSA) is 82.2 Å². The molecule has 1 aliphatic rings. The number of aliphatic hydroxyl groups is 1. The van der Waals surface area contributed by atoms with Gasteiger partial charge in [-0.2, -0.15) is 0 Å². The maximum Gasteiger partial charge on any atom is 0.216 e. The highest BCUT2D eigenvalue weighted by Crippen LogP contribution is 2.30. The molecule has 0 aliphatic carbocycles. The molecule has 0 saturated carbocycles. The van der Waals surface area contributed by atoms with Crippen molar-refractivity contribution in [2.45, 2.75) is 18.4 Å². The van der Waals surface area contributed by atoms with E-state index >= 15 is 0 Å². The minimum atomic E-state index is -0.843. The average molecular weight is 487 g/mol. The number of likely N-dealkylation sites (tertiary alicyclic amines) is 1. The summed E-state index contributed by atoms with van der Waals surface area (Å²) in [4.78, 5) is 13.5. The van der Waals surface area contributed by atoms with Gasteiger partial charge < -0.3 is 37.2 Å². The molecule has 7 heteroatoms. The first-order valence-electron chi connectivity index (χ1n) is 8.24. The van der Waals surface area contributed by atoms with E-state index < -0.39 is 5.60 Å². The molecule has 2 aromatic rings. The molecular formula is C19H21Br2NO4. The molecular weight excluding hydrogens is 466 g/mol. The summed E-state index contributed by atoms with van der Waals surface area (Å²) in [5, 5.41) is 29.8. The number of rotatable bonds is 4. The summed E-state index contributed by atoms with van der Waals surface area (Å²) in [6.07, 6.45) is 1.19. The highest BCUT2D eigenvalue weighted by molar-refractivity contribution is 9.10. The van der Waals surface area contributed by atoms with Gasteiger partial charge >= 0.3 is 0 Å². The third kappa shape index (κ3) is 4.65. The zero-order chi connectivity index (χ0) is 18.0. The number of benzene rings is 2. The zero-order valence-corrected chi connectivity index (χ0v) is 17.3. The van der Waals surface area contributed by atoms with E-state index in [1.807, 2.05) is 24.3 Å². The van der Waals surface area contributed by atoms with E-state index in [1.165, 1.54) is 18.2 Å². The Morgan fingerprint density at radius 3 is 2.23 bits per heavy atom. The summed E-state index contributed by atoms with van der Waals surface area (Å²) in [6.45, 7) is 1.70. The van der Waals surface area contributed by atoms with Crippen molar-refractivity contribution in [3.8, 4) is 11.5 Å². The summed E-state index contributed by atoms with van der Waals surface area (Å²) in [7, 11) is 0. The lowest BCUT2D eigenvalue weighted by Gasteiger charge is -2.36. The van der Waals surface area contributed by atoms with Gasteiger partial charge in [0.2, 0.25) is 5.78 Å². The number of phenolic OH excluding ortho intramolecular Hbond substituents is 2. The van der Waals surface area contributed by atoms with Gasteiger partial charge in [-0.1, -0.05) is 28.1 Å². The number of hydrogen-bond donors (Lipinski definition) is 4.